The Morgan fingerprint density at radius 1 is 0.446 bits per heavy atom. The minimum atomic E-state index is -1.58. The van der Waals surface area contributed by atoms with Gasteiger partial charge in [-0.2, -0.15) is 0 Å². The Kier molecular flexibility index (Phi) is 57.6. The third-order valence-electron chi connectivity index (χ3n) is 16.3. The molecule has 1 heterocycles. The average molecular weight is 1170 g/mol. The maximum absolute atomic E-state index is 13.1. The van der Waals surface area contributed by atoms with Crippen molar-refractivity contribution in [1.29, 1.82) is 0 Å². The lowest BCUT2D eigenvalue weighted by Crippen LogP contribution is -2.60. The number of hydrogen-bond donors (Lipinski definition) is 6. The fourth-order valence-corrected chi connectivity index (χ4v) is 10.8. The largest absolute Gasteiger partial charge is 0.466 e. The van der Waals surface area contributed by atoms with E-state index in [1.165, 1.54) is 231 Å². The zero-order valence-electron chi connectivity index (χ0n) is 53.7. The Balaban J connectivity index is 1.99. The van der Waals surface area contributed by atoms with Crippen molar-refractivity contribution in [2.24, 2.45) is 0 Å². The zero-order valence-corrected chi connectivity index (χ0v) is 53.7. The number of rotatable bonds is 61. The molecule has 0 aromatic rings. The van der Waals surface area contributed by atoms with Crippen molar-refractivity contribution >= 4 is 11.9 Å². The summed E-state index contributed by atoms with van der Waals surface area (Å²) in [5.41, 5.74) is 0. The Morgan fingerprint density at radius 2 is 0.831 bits per heavy atom. The first-order valence-corrected chi connectivity index (χ1v) is 35.1. The molecule has 1 fully saturated rings. The molecular formula is C72H131NO10. The number of hydrogen-bond acceptors (Lipinski definition) is 10. The number of ether oxygens (including phenoxy) is 3. The SMILES string of the molecule is CCCC/C=C\CCCCCCCC(=O)OCCCCCCCCCCC/C=C\C/C=C\CCCCCCCCCCCCCCCCCC(=O)NC(COC1OC(CO)C(O)C(O)C1O)C(O)/C=C/CC/C=C/CCCCCCCCC. The summed E-state index contributed by atoms with van der Waals surface area (Å²) in [4.78, 5) is 25.1. The number of nitrogens with one attached hydrogen (secondary N) is 1. The average Bonchev–Trinajstić information content (AvgIpc) is 3.68. The van der Waals surface area contributed by atoms with Gasteiger partial charge in [-0.1, -0.05) is 274 Å². The standard InChI is InChI=1S/C72H131NO10/c1-3-5-7-9-11-13-15-35-39-42-46-50-54-58-65(75)64(63-82-72-71(80)70(79)69(78)66(62-74)83-72)73-67(76)59-55-51-47-43-40-36-33-31-29-27-25-23-21-19-17-16-18-20-22-24-26-28-30-32-34-37-41-45-49-53-57-61-81-68(77)60-56-52-48-44-38-14-12-10-8-6-4-2/h10,12,18,20,24,26,39,42,54,58,64-66,69-72,74-75,78-80H,3-9,11,13-17,19,21-23,25,27-38,40-41,43-53,55-57,59-63H2,1-2H3,(H,73,76)/b12-10-,20-18-,26-24-,42-39+,58-54+. The summed E-state index contributed by atoms with van der Waals surface area (Å²) in [6, 6.07) is -0.828. The molecule has 0 saturated carbocycles. The summed E-state index contributed by atoms with van der Waals surface area (Å²) in [6.07, 6.45) is 70.7. The van der Waals surface area contributed by atoms with Gasteiger partial charge in [-0.3, -0.25) is 9.59 Å². The molecule has 1 saturated heterocycles. The van der Waals surface area contributed by atoms with Crippen molar-refractivity contribution in [3.05, 3.63) is 60.8 Å². The molecule has 484 valence electrons. The first-order valence-electron chi connectivity index (χ1n) is 35.1. The van der Waals surface area contributed by atoms with E-state index in [1.54, 1.807) is 6.08 Å². The van der Waals surface area contributed by atoms with Gasteiger partial charge < -0.3 is 45.1 Å². The van der Waals surface area contributed by atoms with Gasteiger partial charge in [0.25, 0.3) is 0 Å². The number of amides is 1. The molecule has 0 aromatic heterocycles. The molecule has 0 aromatic carbocycles. The molecule has 1 aliphatic heterocycles. The predicted molar refractivity (Wildman–Crippen MR) is 347 cm³/mol. The van der Waals surface area contributed by atoms with Crippen LogP contribution in [0.1, 0.15) is 322 Å². The first-order chi connectivity index (χ1) is 40.7. The number of esters is 1. The fraction of sp³-hybridized carbons (Fsp3) is 0.833. The molecule has 11 heteroatoms. The molecule has 0 bridgehead atoms. The second-order valence-electron chi connectivity index (χ2n) is 24.2. The topological polar surface area (TPSA) is 175 Å². The van der Waals surface area contributed by atoms with Crippen LogP contribution >= 0.6 is 0 Å². The number of aliphatic hydroxyl groups excluding tert-OH is 5. The number of allylic oxidation sites excluding steroid dienone is 9. The van der Waals surface area contributed by atoms with Crippen LogP contribution in [0.15, 0.2) is 60.8 Å². The van der Waals surface area contributed by atoms with E-state index >= 15 is 0 Å². The maximum atomic E-state index is 13.1. The van der Waals surface area contributed by atoms with Crippen LogP contribution in [0.25, 0.3) is 0 Å². The third-order valence-corrected chi connectivity index (χ3v) is 16.3. The fourth-order valence-electron chi connectivity index (χ4n) is 10.8. The van der Waals surface area contributed by atoms with Crippen LogP contribution in [0, 0.1) is 0 Å². The van der Waals surface area contributed by atoms with Crippen molar-refractivity contribution in [1.82, 2.24) is 5.32 Å². The normalized spacial score (nSPS) is 18.5. The Morgan fingerprint density at radius 3 is 1.30 bits per heavy atom. The predicted octanol–water partition coefficient (Wildman–Crippen LogP) is 17.7. The quantitative estimate of drug-likeness (QED) is 0.0195. The maximum Gasteiger partial charge on any atom is 0.305 e. The van der Waals surface area contributed by atoms with E-state index in [0.29, 0.717) is 19.4 Å². The van der Waals surface area contributed by atoms with Gasteiger partial charge in [0, 0.05) is 12.8 Å². The van der Waals surface area contributed by atoms with Gasteiger partial charge in [0.1, 0.15) is 24.4 Å². The number of unbranched alkanes of at least 4 members (excludes halogenated alkanes) is 39. The number of carbonyl (C=O) groups is 2. The monoisotopic (exact) mass is 1170 g/mol. The highest BCUT2D eigenvalue weighted by Gasteiger charge is 2.44. The molecule has 0 spiro atoms. The smallest absolute Gasteiger partial charge is 0.305 e. The highest BCUT2D eigenvalue weighted by atomic mass is 16.7. The molecule has 0 aliphatic carbocycles. The molecule has 7 atom stereocenters. The summed E-state index contributed by atoms with van der Waals surface area (Å²) in [6.45, 7) is 4.30. The molecule has 6 N–H and O–H groups in total. The van der Waals surface area contributed by atoms with E-state index in [-0.39, 0.29) is 18.5 Å². The van der Waals surface area contributed by atoms with Gasteiger partial charge in [-0.05, 0) is 96.3 Å². The van der Waals surface area contributed by atoms with Crippen molar-refractivity contribution in [2.75, 3.05) is 19.8 Å². The lowest BCUT2D eigenvalue weighted by Gasteiger charge is -2.40. The molecule has 1 amide bonds. The van der Waals surface area contributed by atoms with Crippen LogP contribution in [-0.2, 0) is 23.8 Å². The number of carbonyl (C=O) groups excluding carboxylic acids is 2. The second-order valence-corrected chi connectivity index (χ2v) is 24.2. The van der Waals surface area contributed by atoms with Crippen LogP contribution in [0.3, 0.4) is 0 Å². The van der Waals surface area contributed by atoms with E-state index in [2.05, 4.69) is 67.8 Å². The van der Waals surface area contributed by atoms with Crippen molar-refractivity contribution in [2.45, 2.75) is 365 Å². The van der Waals surface area contributed by atoms with E-state index in [1.807, 2.05) is 6.08 Å². The third kappa shape index (κ3) is 50.1. The molecule has 1 rings (SSSR count). The van der Waals surface area contributed by atoms with Crippen molar-refractivity contribution in [3.63, 3.8) is 0 Å². The molecule has 0 radical (unpaired) electrons. The van der Waals surface area contributed by atoms with Gasteiger partial charge in [0.05, 0.1) is 32.0 Å². The van der Waals surface area contributed by atoms with Gasteiger partial charge in [0.15, 0.2) is 6.29 Å². The van der Waals surface area contributed by atoms with Crippen LogP contribution in [0.2, 0.25) is 0 Å². The summed E-state index contributed by atoms with van der Waals surface area (Å²) in [5, 5.41) is 54.5. The van der Waals surface area contributed by atoms with E-state index in [4.69, 9.17) is 14.2 Å². The lowest BCUT2D eigenvalue weighted by atomic mass is 9.99. The summed E-state index contributed by atoms with van der Waals surface area (Å²) >= 11 is 0. The van der Waals surface area contributed by atoms with Gasteiger partial charge in [-0.15, -0.1) is 0 Å². The molecule has 83 heavy (non-hydrogen) atoms. The summed E-state index contributed by atoms with van der Waals surface area (Å²) in [5.74, 6) is -0.197. The minimum Gasteiger partial charge on any atom is -0.466 e. The summed E-state index contributed by atoms with van der Waals surface area (Å²) in [7, 11) is 0. The van der Waals surface area contributed by atoms with E-state index in [0.717, 1.165) is 64.2 Å². The van der Waals surface area contributed by atoms with Crippen LogP contribution in [-0.4, -0.2) is 100 Å². The van der Waals surface area contributed by atoms with Crippen LogP contribution < -0.4 is 5.32 Å². The molecule has 1 aliphatic rings. The highest BCUT2D eigenvalue weighted by Crippen LogP contribution is 2.23. The first kappa shape index (κ1) is 78.4. The van der Waals surface area contributed by atoms with Crippen LogP contribution in [0.5, 0.6) is 0 Å². The van der Waals surface area contributed by atoms with Gasteiger partial charge in [0.2, 0.25) is 5.91 Å². The van der Waals surface area contributed by atoms with Crippen LogP contribution in [0.4, 0.5) is 0 Å². The summed E-state index contributed by atoms with van der Waals surface area (Å²) < 4.78 is 16.7. The Bertz CT molecular complexity index is 1560. The molecule has 11 nitrogen and oxygen atoms in total. The molecular weight excluding hydrogens is 1040 g/mol. The second kappa shape index (κ2) is 61.0. The van der Waals surface area contributed by atoms with Crippen molar-refractivity contribution < 1.29 is 49.3 Å². The van der Waals surface area contributed by atoms with E-state index in [9.17, 15) is 35.1 Å². The Hall–Kier alpha value is -2.64. The van der Waals surface area contributed by atoms with Gasteiger partial charge in [-0.25, -0.2) is 0 Å². The molecule has 7 unspecified atom stereocenters. The minimum absolute atomic E-state index is 0.00646. The highest BCUT2D eigenvalue weighted by molar-refractivity contribution is 5.76. The Labute approximate surface area is 509 Å². The van der Waals surface area contributed by atoms with Crippen molar-refractivity contribution in [3.8, 4) is 0 Å². The number of aliphatic hydroxyl groups is 5. The zero-order chi connectivity index (χ0) is 60.2. The van der Waals surface area contributed by atoms with Gasteiger partial charge >= 0.3 is 5.97 Å². The van der Waals surface area contributed by atoms with E-state index < -0.39 is 49.5 Å². The lowest BCUT2D eigenvalue weighted by molar-refractivity contribution is -0.302.